The molecule has 43 heavy (non-hydrogen) atoms. The molecule has 2 fully saturated rings. The lowest BCUT2D eigenvalue weighted by Crippen LogP contribution is -2.16. The number of sulfonamides is 1. The highest BCUT2D eigenvalue weighted by atomic mass is 32.2. The molecule has 2 aromatic rings. The number of ether oxygens (including phenoxy) is 1. The van der Waals surface area contributed by atoms with Crippen molar-refractivity contribution in [2.24, 2.45) is 11.8 Å². The summed E-state index contributed by atoms with van der Waals surface area (Å²) in [7, 11) is -2.49. The van der Waals surface area contributed by atoms with Gasteiger partial charge in [-0.15, -0.1) is 0 Å². The Morgan fingerprint density at radius 3 is 1.81 bits per heavy atom. The van der Waals surface area contributed by atoms with Crippen LogP contribution in [0.5, 0.6) is 5.75 Å². The van der Waals surface area contributed by atoms with E-state index in [1.54, 1.807) is 6.07 Å². The van der Waals surface area contributed by atoms with Gasteiger partial charge in [-0.1, -0.05) is 121 Å². The lowest BCUT2D eigenvalue weighted by molar-refractivity contribution is 0.0696. The zero-order valence-corrected chi connectivity index (χ0v) is 27.0. The van der Waals surface area contributed by atoms with Crippen LogP contribution in [-0.2, 0) is 10.0 Å². The van der Waals surface area contributed by atoms with E-state index in [4.69, 9.17) is 4.74 Å². The van der Waals surface area contributed by atoms with Gasteiger partial charge in [-0.25, -0.2) is 13.2 Å². The minimum atomic E-state index is -3.89. The predicted molar refractivity (Wildman–Crippen MR) is 175 cm³/mol. The lowest BCUT2D eigenvalue weighted by atomic mass is 9.78. The molecule has 238 valence electrons. The fourth-order valence-electron chi connectivity index (χ4n) is 7.40. The number of aromatic carboxylic acids is 1. The highest BCUT2D eigenvalue weighted by Crippen LogP contribution is 2.37. The van der Waals surface area contributed by atoms with Crippen LogP contribution in [0, 0.1) is 11.8 Å². The van der Waals surface area contributed by atoms with Crippen LogP contribution in [0.4, 0.5) is 5.69 Å². The van der Waals surface area contributed by atoms with Crippen LogP contribution in [0.2, 0.25) is 0 Å². The standard InChI is InChI=1S/C36H53NO5S/c1-42-35-27-32(36(38)39)24-25-34(35)37-43(40,41)33-23-15-22-31(26-33)30-19-12-8-11-18-29(20-13-14-21-30)28-16-9-6-4-2-3-5-7-10-17-28/h15,22-30,37H,2-14,16-21H2,1H3,(H,38,39). The maximum absolute atomic E-state index is 13.4. The number of methoxy groups -OCH3 is 1. The average molecular weight is 612 g/mol. The molecule has 0 saturated heterocycles. The van der Waals surface area contributed by atoms with Crippen molar-refractivity contribution in [2.75, 3.05) is 11.8 Å². The van der Waals surface area contributed by atoms with Gasteiger partial charge < -0.3 is 9.84 Å². The smallest absolute Gasteiger partial charge is 0.335 e. The number of anilines is 1. The molecule has 0 bridgehead atoms. The molecule has 2 saturated carbocycles. The molecular weight excluding hydrogens is 558 g/mol. The summed E-state index contributed by atoms with van der Waals surface area (Å²) in [5.74, 6) is 1.20. The van der Waals surface area contributed by atoms with E-state index in [9.17, 15) is 18.3 Å². The number of hydrogen-bond donors (Lipinski definition) is 2. The van der Waals surface area contributed by atoms with Gasteiger partial charge in [0.25, 0.3) is 10.0 Å². The third-order valence-corrected chi connectivity index (χ3v) is 11.3. The van der Waals surface area contributed by atoms with Crippen LogP contribution < -0.4 is 9.46 Å². The monoisotopic (exact) mass is 611 g/mol. The second-order valence-corrected chi connectivity index (χ2v) is 14.6. The average Bonchev–Trinajstić information content (AvgIpc) is 3.10. The Bertz CT molecular complexity index is 1250. The number of benzene rings is 2. The molecule has 4 rings (SSSR count). The molecule has 0 heterocycles. The van der Waals surface area contributed by atoms with E-state index in [2.05, 4.69) is 10.8 Å². The summed E-state index contributed by atoms with van der Waals surface area (Å²) >= 11 is 0. The summed E-state index contributed by atoms with van der Waals surface area (Å²) in [6.07, 6.45) is 25.3. The Morgan fingerprint density at radius 1 is 0.721 bits per heavy atom. The molecule has 0 radical (unpaired) electrons. The minimum absolute atomic E-state index is 0.0332. The highest BCUT2D eigenvalue weighted by molar-refractivity contribution is 7.92. The topological polar surface area (TPSA) is 92.7 Å². The fourth-order valence-corrected chi connectivity index (χ4v) is 8.53. The van der Waals surface area contributed by atoms with Gasteiger partial charge in [0.1, 0.15) is 5.75 Å². The minimum Gasteiger partial charge on any atom is -0.495 e. The Morgan fingerprint density at radius 2 is 1.23 bits per heavy atom. The summed E-state index contributed by atoms with van der Waals surface area (Å²) in [5.41, 5.74) is 1.34. The molecule has 0 aliphatic heterocycles. The zero-order chi connectivity index (χ0) is 30.5. The van der Waals surface area contributed by atoms with Gasteiger partial charge in [0.05, 0.1) is 23.3 Å². The first-order valence-electron chi connectivity index (χ1n) is 16.9. The highest BCUT2D eigenvalue weighted by Gasteiger charge is 2.24. The van der Waals surface area contributed by atoms with Gasteiger partial charge in [-0.05, 0) is 66.5 Å². The second kappa shape index (κ2) is 17.1. The van der Waals surface area contributed by atoms with E-state index < -0.39 is 16.0 Å². The van der Waals surface area contributed by atoms with Crippen molar-refractivity contribution in [1.82, 2.24) is 0 Å². The van der Waals surface area contributed by atoms with Crippen molar-refractivity contribution >= 4 is 21.7 Å². The van der Waals surface area contributed by atoms with Gasteiger partial charge in [0.2, 0.25) is 0 Å². The van der Waals surface area contributed by atoms with Gasteiger partial charge in [-0.2, -0.15) is 0 Å². The second-order valence-electron chi connectivity index (χ2n) is 12.9. The largest absolute Gasteiger partial charge is 0.495 e. The number of rotatable bonds is 7. The number of hydrogen-bond acceptors (Lipinski definition) is 4. The quantitative estimate of drug-likeness (QED) is 0.325. The molecule has 2 N–H and O–H groups in total. The predicted octanol–water partition coefficient (Wildman–Crippen LogP) is 9.95. The van der Waals surface area contributed by atoms with Crippen LogP contribution in [0.1, 0.15) is 144 Å². The van der Waals surface area contributed by atoms with E-state index >= 15 is 0 Å². The van der Waals surface area contributed by atoms with E-state index in [1.165, 1.54) is 134 Å². The Labute approximate surface area is 260 Å². The van der Waals surface area contributed by atoms with Gasteiger partial charge >= 0.3 is 5.97 Å². The lowest BCUT2D eigenvalue weighted by Gasteiger charge is -2.28. The number of carboxylic acids is 1. The molecule has 0 amide bonds. The fraction of sp³-hybridized carbons (Fsp3) is 0.639. The van der Waals surface area contributed by atoms with Crippen LogP contribution >= 0.6 is 0 Å². The summed E-state index contributed by atoms with van der Waals surface area (Å²) in [5, 5.41) is 9.27. The normalized spacial score (nSPS) is 22.4. The molecule has 0 spiro atoms. The van der Waals surface area contributed by atoms with Gasteiger partial charge in [-0.3, -0.25) is 4.72 Å². The summed E-state index contributed by atoms with van der Waals surface area (Å²) in [4.78, 5) is 11.5. The van der Waals surface area contributed by atoms with Gasteiger partial charge in [0, 0.05) is 0 Å². The molecular formula is C36H53NO5S. The maximum Gasteiger partial charge on any atom is 0.335 e. The van der Waals surface area contributed by atoms with E-state index in [0.29, 0.717) is 5.92 Å². The molecule has 7 heteroatoms. The first-order valence-corrected chi connectivity index (χ1v) is 18.4. The van der Waals surface area contributed by atoms with Crippen LogP contribution in [0.3, 0.4) is 0 Å². The molecule has 6 nitrogen and oxygen atoms in total. The van der Waals surface area contributed by atoms with Crippen molar-refractivity contribution in [3.8, 4) is 5.75 Å². The molecule has 2 unspecified atom stereocenters. The maximum atomic E-state index is 13.4. The Balaban J connectivity index is 1.40. The van der Waals surface area contributed by atoms with Crippen LogP contribution in [0.25, 0.3) is 0 Å². The van der Waals surface area contributed by atoms with Gasteiger partial charge in [0.15, 0.2) is 0 Å². The Kier molecular flexibility index (Phi) is 13.2. The third kappa shape index (κ3) is 10.3. The number of carboxylic acid groups (broad SMARTS) is 1. The van der Waals surface area contributed by atoms with Crippen molar-refractivity contribution in [1.29, 1.82) is 0 Å². The molecule has 2 aromatic carbocycles. The van der Waals surface area contributed by atoms with E-state index in [0.717, 1.165) is 30.2 Å². The van der Waals surface area contributed by atoms with Crippen molar-refractivity contribution in [3.63, 3.8) is 0 Å². The number of carbonyl (C=O) groups is 1. The number of nitrogens with one attached hydrogen (secondary N) is 1. The SMILES string of the molecule is COc1cc(C(=O)O)ccc1NS(=O)(=O)c1cccc(C2CCCCCC(C3CCCCCCCCCC3)CCCC2)c1. The molecule has 2 aliphatic rings. The van der Waals surface area contributed by atoms with Crippen LogP contribution in [-0.4, -0.2) is 26.6 Å². The van der Waals surface area contributed by atoms with Crippen molar-refractivity contribution in [3.05, 3.63) is 53.6 Å². The van der Waals surface area contributed by atoms with Crippen molar-refractivity contribution < 1.29 is 23.1 Å². The molecule has 0 aromatic heterocycles. The summed E-state index contributed by atoms with van der Waals surface area (Å²) in [6, 6.07) is 11.5. The first-order chi connectivity index (χ1) is 20.9. The zero-order valence-electron chi connectivity index (χ0n) is 26.2. The van der Waals surface area contributed by atoms with E-state index in [-0.39, 0.29) is 21.9 Å². The summed E-state index contributed by atoms with van der Waals surface area (Å²) in [6.45, 7) is 0. The van der Waals surface area contributed by atoms with E-state index in [1.807, 2.05) is 12.1 Å². The molecule has 2 atom stereocenters. The first kappa shape index (κ1) is 33.4. The third-order valence-electron chi connectivity index (χ3n) is 9.90. The van der Waals surface area contributed by atoms with Crippen LogP contribution in [0.15, 0.2) is 47.4 Å². The Hall–Kier alpha value is -2.54. The molecule has 2 aliphatic carbocycles. The summed E-state index contributed by atoms with van der Waals surface area (Å²) < 4.78 is 34.7. The van der Waals surface area contributed by atoms with Crippen molar-refractivity contribution in [2.45, 2.75) is 133 Å².